The van der Waals surface area contributed by atoms with Crippen molar-refractivity contribution in [2.45, 2.75) is 32.2 Å². The van der Waals surface area contributed by atoms with Crippen LogP contribution in [0.2, 0.25) is 0 Å². The van der Waals surface area contributed by atoms with Crippen LogP contribution in [0.4, 0.5) is 11.9 Å². The number of nitrogens with one attached hydrogen (secondary N) is 2. The quantitative estimate of drug-likeness (QED) is 0.375. The van der Waals surface area contributed by atoms with Crippen molar-refractivity contribution in [1.82, 2.24) is 35.0 Å². The molecule has 192 valence electrons. The van der Waals surface area contributed by atoms with E-state index in [4.69, 9.17) is 14.7 Å². The van der Waals surface area contributed by atoms with Gasteiger partial charge in [-0.2, -0.15) is 10.1 Å². The van der Waals surface area contributed by atoms with Crippen molar-refractivity contribution in [3.05, 3.63) is 35.2 Å². The van der Waals surface area contributed by atoms with Crippen LogP contribution in [-0.4, -0.2) is 75.0 Å². The smallest absolute Gasteiger partial charge is 0.226 e. The van der Waals surface area contributed by atoms with Crippen molar-refractivity contribution in [2.75, 3.05) is 43.6 Å². The molecule has 2 fully saturated rings. The lowest BCUT2D eigenvalue weighted by Gasteiger charge is -2.26. The Morgan fingerprint density at radius 3 is 2.84 bits per heavy atom. The summed E-state index contributed by atoms with van der Waals surface area (Å²) < 4.78 is 7.90. The third-order valence-electron chi connectivity index (χ3n) is 7.32. The molecule has 3 aromatic heterocycles. The molecule has 2 aliphatic rings. The largest absolute Gasteiger partial charge is 0.378 e. The topological polar surface area (TPSA) is 123 Å². The maximum absolute atomic E-state index is 12.3. The number of nitrogens with zero attached hydrogens (tertiary/aromatic N) is 7. The molecular formula is C25H28BrN9O2. The Bertz CT molecular complexity index is 1490. The standard InChI is InChI=1S/C25H28BrN9O2/c1-25(22(36)27-2)6-5-16(12-25)30-23-28-14-18-20(26)33-35(21(18)32-23)17-3-4-19-15(11-17)13-29-24(31-19)34-7-9-37-10-8-34/h3-4,11,13-14,16H,5-10,12H2,1-2H3,(H,27,36)(H,28,30,32)/t16-,25-/m1/s1. The molecule has 0 spiro atoms. The summed E-state index contributed by atoms with van der Waals surface area (Å²) in [5.41, 5.74) is 2.02. The minimum absolute atomic E-state index is 0.0764. The second-order valence-corrected chi connectivity index (χ2v) is 10.6. The number of anilines is 2. The normalized spacial score (nSPS) is 22.0. The number of hydrogen-bond acceptors (Lipinski definition) is 9. The minimum Gasteiger partial charge on any atom is -0.378 e. The van der Waals surface area contributed by atoms with Gasteiger partial charge in [0.15, 0.2) is 5.65 Å². The lowest BCUT2D eigenvalue weighted by molar-refractivity contribution is -0.129. The van der Waals surface area contributed by atoms with E-state index in [2.05, 4.69) is 46.5 Å². The molecule has 37 heavy (non-hydrogen) atoms. The van der Waals surface area contributed by atoms with Crippen molar-refractivity contribution in [2.24, 2.45) is 5.41 Å². The fourth-order valence-corrected chi connectivity index (χ4v) is 5.67. The highest BCUT2D eigenvalue weighted by Crippen LogP contribution is 2.39. The van der Waals surface area contributed by atoms with Crippen LogP contribution in [0.1, 0.15) is 26.2 Å². The average molecular weight is 566 g/mol. The minimum atomic E-state index is -0.379. The van der Waals surface area contributed by atoms with Crippen LogP contribution in [0.5, 0.6) is 0 Å². The maximum Gasteiger partial charge on any atom is 0.226 e. The van der Waals surface area contributed by atoms with Crippen molar-refractivity contribution < 1.29 is 9.53 Å². The van der Waals surface area contributed by atoms with Gasteiger partial charge in [0.05, 0.1) is 29.8 Å². The zero-order valence-corrected chi connectivity index (χ0v) is 22.3. The molecule has 1 aliphatic carbocycles. The van der Waals surface area contributed by atoms with E-state index in [1.165, 1.54) is 0 Å². The molecule has 1 saturated heterocycles. The first-order chi connectivity index (χ1) is 17.9. The molecule has 1 saturated carbocycles. The molecule has 11 nitrogen and oxygen atoms in total. The van der Waals surface area contributed by atoms with Gasteiger partial charge in [0, 0.05) is 49.4 Å². The third-order valence-corrected chi connectivity index (χ3v) is 7.90. The van der Waals surface area contributed by atoms with E-state index in [1.807, 2.05) is 31.3 Å². The van der Waals surface area contributed by atoms with E-state index in [0.717, 1.165) is 60.3 Å². The molecule has 12 heteroatoms. The summed E-state index contributed by atoms with van der Waals surface area (Å²) in [4.78, 5) is 33.1. The Labute approximate surface area is 222 Å². The number of carbonyl (C=O) groups excluding carboxylic acids is 1. The van der Waals surface area contributed by atoms with Gasteiger partial charge in [0.1, 0.15) is 4.60 Å². The van der Waals surface area contributed by atoms with Gasteiger partial charge in [-0.3, -0.25) is 4.79 Å². The molecule has 2 atom stereocenters. The lowest BCUT2D eigenvalue weighted by atomic mass is 9.87. The van der Waals surface area contributed by atoms with Gasteiger partial charge in [0.25, 0.3) is 0 Å². The third kappa shape index (κ3) is 4.48. The molecule has 1 aromatic carbocycles. The van der Waals surface area contributed by atoms with Gasteiger partial charge in [-0.15, -0.1) is 0 Å². The number of fused-ring (bicyclic) bond motifs is 2. The van der Waals surface area contributed by atoms with E-state index in [1.54, 1.807) is 17.9 Å². The molecule has 6 rings (SSSR count). The Kier molecular flexibility index (Phi) is 6.15. The van der Waals surface area contributed by atoms with Crippen LogP contribution in [0.3, 0.4) is 0 Å². The molecule has 4 aromatic rings. The Morgan fingerprint density at radius 2 is 2.03 bits per heavy atom. The number of rotatable bonds is 5. The Hall–Kier alpha value is -3.38. The van der Waals surface area contributed by atoms with Gasteiger partial charge >= 0.3 is 0 Å². The number of halogens is 1. The van der Waals surface area contributed by atoms with Gasteiger partial charge in [-0.1, -0.05) is 6.92 Å². The highest BCUT2D eigenvalue weighted by atomic mass is 79.9. The molecule has 1 amide bonds. The van der Waals surface area contributed by atoms with Crippen LogP contribution >= 0.6 is 15.9 Å². The van der Waals surface area contributed by atoms with Crippen molar-refractivity contribution in [1.29, 1.82) is 0 Å². The molecule has 0 unspecified atom stereocenters. The van der Waals surface area contributed by atoms with Gasteiger partial charge in [0.2, 0.25) is 17.8 Å². The van der Waals surface area contributed by atoms with Crippen molar-refractivity contribution >= 4 is 55.7 Å². The van der Waals surface area contributed by atoms with E-state index in [0.29, 0.717) is 29.4 Å². The number of hydrogen-bond donors (Lipinski definition) is 2. The van der Waals surface area contributed by atoms with Gasteiger partial charge in [-0.25, -0.2) is 19.6 Å². The number of morpholine rings is 1. The number of carbonyl (C=O) groups is 1. The molecule has 0 radical (unpaired) electrons. The fraction of sp³-hybridized carbons (Fsp3) is 0.440. The van der Waals surface area contributed by atoms with Gasteiger partial charge in [-0.05, 0) is 53.4 Å². The van der Waals surface area contributed by atoms with Crippen LogP contribution in [0.15, 0.2) is 35.2 Å². The van der Waals surface area contributed by atoms with E-state index in [-0.39, 0.29) is 17.4 Å². The zero-order valence-electron chi connectivity index (χ0n) is 20.7. The first-order valence-corrected chi connectivity index (χ1v) is 13.2. The molecule has 0 bridgehead atoms. The molecular weight excluding hydrogens is 538 g/mol. The molecule has 4 heterocycles. The fourth-order valence-electron chi connectivity index (χ4n) is 5.23. The van der Waals surface area contributed by atoms with Crippen LogP contribution < -0.4 is 15.5 Å². The monoisotopic (exact) mass is 565 g/mol. The summed E-state index contributed by atoms with van der Waals surface area (Å²) in [6.07, 6.45) is 6.05. The summed E-state index contributed by atoms with van der Waals surface area (Å²) in [6.45, 7) is 4.97. The summed E-state index contributed by atoms with van der Waals surface area (Å²) in [6, 6.07) is 6.10. The van der Waals surface area contributed by atoms with Crippen LogP contribution in [0.25, 0.3) is 27.6 Å². The SMILES string of the molecule is CNC(=O)[C@]1(C)CC[C@@H](Nc2ncc3c(Br)nn(-c4ccc5nc(N6CCOCC6)ncc5c4)c3n2)C1. The second kappa shape index (κ2) is 9.49. The predicted molar refractivity (Wildman–Crippen MR) is 144 cm³/mol. The van der Waals surface area contributed by atoms with E-state index < -0.39 is 0 Å². The summed E-state index contributed by atoms with van der Waals surface area (Å²) >= 11 is 3.55. The molecule has 1 aliphatic heterocycles. The van der Waals surface area contributed by atoms with Crippen molar-refractivity contribution in [3.63, 3.8) is 0 Å². The van der Waals surface area contributed by atoms with Gasteiger partial charge < -0.3 is 20.3 Å². The number of ether oxygens (including phenoxy) is 1. The van der Waals surface area contributed by atoms with Crippen LogP contribution in [0, 0.1) is 5.41 Å². The van der Waals surface area contributed by atoms with E-state index >= 15 is 0 Å². The first-order valence-electron chi connectivity index (χ1n) is 12.4. The Morgan fingerprint density at radius 1 is 1.19 bits per heavy atom. The van der Waals surface area contributed by atoms with Crippen LogP contribution in [-0.2, 0) is 9.53 Å². The number of benzene rings is 1. The lowest BCUT2D eigenvalue weighted by Crippen LogP contribution is -2.37. The number of amides is 1. The maximum atomic E-state index is 12.3. The second-order valence-electron chi connectivity index (χ2n) is 9.87. The average Bonchev–Trinajstić information content (AvgIpc) is 3.47. The molecule has 2 N–H and O–H groups in total. The summed E-state index contributed by atoms with van der Waals surface area (Å²) in [5.74, 6) is 1.32. The van der Waals surface area contributed by atoms with Crippen molar-refractivity contribution in [3.8, 4) is 5.69 Å². The summed E-state index contributed by atoms with van der Waals surface area (Å²) in [7, 11) is 1.69. The Balaban J connectivity index is 1.28. The predicted octanol–water partition coefficient (Wildman–Crippen LogP) is 3.07. The zero-order chi connectivity index (χ0) is 25.6. The van der Waals surface area contributed by atoms with E-state index in [9.17, 15) is 4.79 Å². The highest BCUT2D eigenvalue weighted by molar-refractivity contribution is 9.10. The summed E-state index contributed by atoms with van der Waals surface area (Å²) in [5, 5.41) is 12.6. The number of aromatic nitrogens is 6. The highest BCUT2D eigenvalue weighted by Gasteiger charge is 2.41. The first kappa shape index (κ1) is 24.0.